The fraction of sp³-hybridized carbons (Fsp3) is 0.778. The van der Waals surface area contributed by atoms with E-state index in [1.807, 2.05) is 6.92 Å². The Kier molecular flexibility index (Phi) is 4.14. The molecule has 1 saturated heterocycles. The molecular weight excluding hydrogens is 326 g/mol. The molecule has 4 aliphatic rings. The molecule has 2 heterocycles. The Labute approximate surface area is 147 Å². The molecule has 2 saturated carbocycles. The summed E-state index contributed by atoms with van der Waals surface area (Å²) in [5.41, 5.74) is 0.137. The first-order valence-electron chi connectivity index (χ1n) is 9.15. The van der Waals surface area contributed by atoms with E-state index in [0.29, 0.717) is 5.57 Å². The number of alkyl carbamates (subject to hydrolysis) is 1. The summed E-state index contributed by atoms with van der Waals surface area (Å²) in [5.74, 6) is -0.567. The van der Waals surface area contributed by atoms with Gasteiger partial charge in [0.1, 0.15) is 11.7 Å². The maximum atomic E-state index is 12.7. The Bertz CT molecular complexity index is 598. The number of ether oxygens (including phenoxy) is 4. The third kappa shape index (κ3) is 2.88. The van der Waals surface area contributed by atoms with Crippen molar-refractivity contribution in [2.45, 2.75) is 69.5 Å². The smallest absolute Gasteiger partial charge is 0.409 e. The Balaban J connectivity index is 1.50. The standard InChI is InChI=1S/C18H25NO6/c1-18-13(25-18)8-11-12(15(20)23-10-6-4-3-5-7-10)9-22-16(14(11)18)24-17(21)19-2/h9-11,13-14,16H,3-8H2,1-2H3,(H,19,21)/t11-,13+,14-,16+,18+/m1/s1. The second-order valence-electron chi connectivity index (χ2n) is 7.56. The second-order valence-corrected chi connectivity index (χ2v) is 7.56. The van der Waals surface area contributed by atoms with Crippen molar-refractivity contribution in [2.24, 2.45) is 11.8 Å². The van der Waals surface area contributed by atoms with E-state index in [2.05, 4.69) is 5.32 Å². The van der Waals surface area contributed by atoms with Crippen LogP contribution in [-0.2, 0) is 23.7 Å². The lowest BCUT2D eigenvalue weighted by Crippen LogP contribution is -2.44. The van der Waals surface area contributed by atoms with Gasteiger partial charge in [0.2, 0.25) is 0 Å². The molecule has 5 atom stereocenters. The molecule has 4 rings (SSSR count). The van der Waals surface area contributed by atoms with E-state index >= 15 is 0 Å². The largest absolute Gasteiger partial charge is 0.461 e. The summed E-state index contributed by atoms with van der Waals surface area (Å²) in [7, 11) is 1.50. The van der Waals surface area contributed by atoms with Crippen LogP contribution in [0, 0.1) is 11.8 Å². The lowest BCUT2D eigenvalue weighted by Gasteiger charge is -2.36. The van der Waals surface area contributed by atoms with Crippen LogP contribution in [0.2, 0.25) is 0 Å². The second kappa shape index (κ2) is 6.20. The van der Waals surface area contributed by atoms with Gasteiger partial charge in [-0.1, -0.05) is 6.42 Å². The van der Waals surface area contributed by atoms with Crippen LogP contribution in [0.3, 0.4) is 0 Å². The first-order valence-corrected chi connectivity index (χ1v) is 9.15. The molecule has 25 heavy (non-hydrogen) atoms. The average molecular weight is 351 g/mol. The minimum Gasteiger partial charge on any atom is -0.461 e. The van der Waals surface area contributed by atoms with E-state index in [9.17, 15) is 9.59 Å². The first kappa shape index (κ1) is 16.7. The van der Waals surface area contributed by atoms with Crippen LogP contribution in [0.1, 0.15) is 45.4 Å². The number of epoxide rings is 1. The predicted molar refractivity (Wildman–Crippen MR) is 86.3 cm³/mol. The summed E-state index contributed by atoms with van der Waals surface area (Å²) in [4.78, 5) is 24.3. The van der Waals surface area contributed by atoms with Crippen LogP contribution in [0.5, 0.6) is 0 Å². The lowest BCUT2D eigenvalue weighted by atomic mass is 9.82. The summed E-state index contributed by atoms with van der Waals surface area (Å²) in [6, 6.07) is 0. The first-order chi connectivity index (χ1) is 12.0. The molecule has 3 fully saturated rings. The van der Waals surface area contributed by atoms with Gasteiger partial charge in [-0.05, 0) is 39.0 Å². The van der Waals surface area contributed by atoms with Gasteiger partial charge < -0.3 is 24.3 Å². The van der Waals surface area contributed by atoms with Crippen LogP contribution in [-0.4, -0.2) is 43.2 Å². The number of nitrogens with one attached hydrogen (secondary N) is 1. The molecular formula is C18H25NO6. The highest BCUT2D eigenvalue weighted by atomic mass is 16.7. The highest BCUT2D eigenvalue weighted by molar-refractivity contribution is 5.89. The van der Waals surface area contributed by atoms with E-state index in [4.69, 9.17) is 18.9 Å². The van der Waals surface area contributed by atoms with Crippen molar-refractivity contribution >= 4 is 12.1 Å². The molecule has 7 heteroatoms. The van der Waals surface area contributed by atoms with Crippen molar-refractivity contribution in [3.05, 3.63) is 11.8 Å². The number of hydrogen-bond acceptors (Lipinski definition) is 6. The van der Waals surface area contributed by atoms with Crippen LogP contribution in [0.15, 0.2) is 11.8 Å². The van der Waals surface area contributed by atoms with Crippen molar-refractivity contribution in [3.63, 3.8) is 0 Å². The topological polar surface area (TPSA) is 86.4 Å². The molecule has 0 aromatic carbocycles. The van der Waals surface area contributed by atoms with Crippen molar-refractivity contribution in [2.75, 3.05) is 7.05 Å². The molecule has 138 valence electrons. The fourth-order valence-corrected chi connectivity index (χ4v) is 4.58. The summed E-state index contributed by atoms with van der Waals surface area (Å²) in [6.07, 6.45) is 6.20. The van der Waals surface area contributed by atoms with Gasteiger partial charge in [0.15, 0.2) is 0 Å². The van der Waals surface area contributed by atoms with Gasteiger partial charge in [0.25, 0.3) is 6.29 Å². The third-order valence-electron chi connectivity index (χ3n) is 6.05. The van der Waals surface area contributed by atoms with Crippen molar-refractivity contribution in [1.82, 2.24) is 5.32 Å². The van der Waals surface area contributed by atoms with Crippen LogP contribution in [0.4, 0.5) is 4.79 Å². The monoisotopic (exact) mass is 351 g/mol. The normalized spacial score (nSPS) is 39.4. The Morgan fingerprint density at radius 2 is 2.00 bits per heavy atom. The van der Waals surface area contributed by atoms with Crippen LogP contribution < -0.4 is 5.32 Å². The molecule has 0 aromatic heterocycles. The number of fused-ring (bicyclic) bond motifs is 3. The summed E-state index contributed by atoms with van der Waals surface area (Å²) in [6.45, 7) is 1.99. The van der Waals surface area contributed by atoms with Gasteiger partial charge >= 0.3 is 12.1 Å². The van der Waals surface area contributed by atoms with E-state index in [-0.39, 0.29) is 30.0 Å². The molecule has 0 spiro atoms. The summed E-state index contributed by atoms with van der Waals surface area (Å²) in [5, 5.41) is 2.43. The van der Waals surface area contributed by atoms with Gasteiger partial charge in [-0.15, -0.1) is 0 Å². The number of rotatable bonds is 3. The lowest BCUT2D eigenvalue weighted by molar-refractivity contribution is -0.156. The molecule has 0 radical (unpaired) electrons. The summed E-state index contributed by atoms with van der Waals surface area (Å²) >= 11 is 0. The van der Waals surface area contributed by atoms with Crippen molar-refractivity contribution < 1.29 is 28.5 Å². The third-order valence-corrected chi connectivity index (χ3v) is 6.05. The average Bonchev–Trinajstić information content (AvgIpc) is 3.16. The van der Waals surface area contributed by atoms with Gasteiger partial charge in [0.05, 0.1) is 23.9 Å². The number of hydrogen-bond donors (Lipinski definition) is 1. The zero-order chi connectivity index (χ0) is 17.6. The van der Waals surface area contributed by atoms with E-state index in [1.165, 1.54) is 19.7 Å². The van der Waals surface area contributed by atoms with E-state index < -0.39 is 18.0 Å². The molecule has 2 aliphatic heterocycles. The van der Waals surface area contributed by atoms with Crippen LogP contribution >= 0.6 is 0 Å². The predicted octanol–water partition coefficient (Wildman–Crippen LogP) is 2.25. The van der Waals surface area contributed by atoms with Gasteiger partial charge in [-0.25, -0.2) is 9.59 Å². The van der Waals surface area contributed by atoms with E-state index in [0.717, 1.165) is 32.1 Å². The molecule has 0 unspecified atom stereocenters. The Morgan fingerprint density at radius 1 is 1.24 bits per heavy atom. The minimum atomic E-state index is -0.756. The van der Waals surface area contributed by atoms with Crippen molar-refractivity contribution in [3.8, 4) is 0 Å². The zero-order valence-corrected chi connectivity index (χ0v) is 14.7. The molecule has 2 aliphatic carbocycles. The zero-order valence-electron chi connectivity index (χ0n) is 14.7. The number of carbonyl (C=O) groups excluding carboxylic acids is 2. The Morgan fingerprint density at radius 3 is 2.72 bits per heavy atom. The quantitative estimate of drug-likeness (QED) is 0.620. The van der Waals surface area contributed by atoms with Gasteiger partial charge in [-0.3, -0.25) is 0 Å². The SMILES string of the molecule is CNC(=O)O[C@@H]1OC=C(C(=O)OC2CCCCC2)[C@H]2C[C@@H]3O[C@]3(C)[C@@H]12. The molecule has 1 amide bonds. The number of esters is 1. The van der Waals surface area contributed by atoms with Crippen molar-refractivity contribution in [1.29, 1.82) is 0 Å². The highest BCUT2D eigenvalue weighted by Gasteiger charge is 2.71. The molecule has 0 bridgehead atoms. The maximum Gasteiger partial charge on any atom is 0.409 e. The molecule has 7 nitrogen and oxygen atoms in total. The Hall–Kier alpha value is -1.76. The van der Waals surface area contributed by atoms with Crippen LogP contribution in [0.25, 0.3) is 0 Å². The van der Waals surface area contributed by atoms with Gasteiger partial charge in [-0.2, -0.15) is 0 Å². The number of amides is 1. The van der Waals surface area contributed by atoms with Gasteiger partial charge in [0, 0.05) is 13.0 Å². The molecule has 1 N–H and O–H groups in total. The number of carbonyl (C=O) groups is 2. The van der Waals surface area contributed by atoms with E-state index in [1.54, 1.807) is 0 Å². The molecule has 0 aromatic rings. The highest BCUT2D eigenvalue weighted by Crippen LogP contribution is 2.61. The summed E-state index contributed by atoms with van der Waals surface area (Å²) < 4.78 is 22.4. The fourth-order valence-electron chi connectivity index (χ4n) is 4.58. The minimum absolute atomic E-state index is 0.00298. The maximum absolute atomic E-state index is 12.7.